The van der Waals surface area contributed by atoms with Gasteiger partial charge in [0.05, 0.1) is 30.4 Å². The number of rotatable bonds is 7. The number of nitrogens with zero attached hydrogens (tertiary/aromatic N) is 7. The summed E-state index contributed by atoms with van der Waals surface area (Å²) in [6.45, 7) is 9.95. The van der Waals surface area contributed by atoms with Crippen molar-refractivity contribution in [3.8, 4) is 0 Å². The number of anilines is 1. The Balaban J connectivity index is 1.07. The average Bonchev–Trinajstić information content (AvgIpc) is 3.67. The summed E-state index contributed by atoms with van der Waals surface area (Å²) < 4.78 is 44.3. The van der Waals surface area contributed by atoms with Crippen LogP contribution >= 0.6 is 11.3 Å². The first-order chi connectivity index (χ1) is 19.1. The van der Waals surface area contributed by atoms with Gasteiger partial charge in [-0.1, -0.05) is 23.5 Å². The molecule has 3 aromatic rings. The first kappa shape index (κ1) is 27.7. The van der Waals surface area contributed by atoms with Crippen LogP contribution in [0.15, 0.2) is 47.2 Å². The van der Waals surface area contributed by atoms with Crippen LogP contribution in [-0.4, -0.2) is 106 Å². The molecule has 0 amide bonds. The zero-order chi connectivity index (χ0) is 28.1. The standard InChI is InChI=1S/C27H36FN7O3S2/c1-20(21-3-5-22(28)6-4-21)35-19-29-14-23(35)16-31-7-11-34(12-8-31)40(37,38)25-15-30-26(39-25)32-9-10-33-17-24(36)13-27(33,2)18-32/h3-6,14-15,19-20,24,36H,7-13,16-18H2,1-2H3/t20-,24-,27?/m1/s1. The molecule has 6 rings (SSSR count). The lowest BCUT2D eigenvalue weighted by atomic mass is 9.95. The van der Waals surface area contributed by atoms with Crippen LogP contribution in [0, 0.1) is 5.82 Å². The molecule has 1 aromatic carbocycles. The number of imidazole rings is 1. The number of hydrogen-bond donors (Lipinski definition) is 1. The Morgan fingerprint density at radius 3 is 2.62 bits per heavy atom. The van der Waals surface area contributed by atoms with Crippen LogP contribution in [0.25, 0.3) is 0 Å². The number of aliphatic hydroxyl groups is 1. The van der Waals surface area contributed by atoms with Gasteiger partial charge in [0, 0.05) is 70.6 Å². The largest absolute Gasteiger partial charge is 0.392 e. The van der Waals surface area contributed by atoms with Gasteiger partial charge in [-0.15, -0.1) is 0 Å². The summed E-state index contributed by atoms with van der Waals surface area (Å²) in [6.07, 6.45) is 5.54. The Labute approximate surface area is 238 Å². The lowest BCUT2D eigenvalue weighted by Crippen LogP contribution is -2.57. The zero-order valence-corrected chi connectivity index (χ0v) is 24.5. The molecule has 3 aliphatic rings. The van der Waals surface area contributed by atoms with Crippen molar-refractivity contribution in [3.63, 3.8) is 0 Å². The van der Waals surface area contributed by atoms with Crippen molar-refractivity contribution in [1.29, 1.82) is 0 Å². The van der Waals surface area contributed by atoms with Crippen molar-refractivity contribution < 1.29 is 17.9 Å². The van der Waals surface area contributed by atoms with E-state index in [9.17, 15) is 17.9 Å². The summed E-state index contributed by atoms with van der Waals surface area (Å²) in [5.74, 6) is -0.258. The van der Waals surface area contributed by atoms with E-state index < -0.39 is 10.0 Å². The lowest BCUT2D eigenvalue weighted by Gasteiger charge is -2.44. The number of thiazole rings is 1. The number of hydrogen-bond acceptors (Lipinski definition) is 9. The maximum Gasteiger partial charge on any atom is 0.254 e. The first-order valence-electron chi connectivity index (χ1n) is 13.7. The fourth-order valence-corrected chi connectivity index (χ4v) is 9.02. The highest BCUT2D eigenvalue weighted by Gasteiger charge is 2.45. The molecule has 13 heteroatoms. The Hall–Kier alpha value is -2.42. The Morgan fingerprint density at radius 2 is 1.88 bits per heavy atom. The molecule has 10 nitrogen and oxygen atoms in total. The van der Waals surface area contributed by atoms with Gasteiger partial charge in [-0.2, -0.15) is 4.31 Å². The summed E-state index contributed by atoms with van der Waals surface area (Å²) in [7, 11) is -3.63. The van der Waals surface area contributed by atoms with Crippen LogP contribution in [0.1, 0.15) is 37.6 Å². The average molecular weight is 590 g/mol. The molecular formula is C27H36FN7O3S2. The number of piperazine rings is 2. The highest BCUT2D eigenvalue weighted by Crippen LogP contribution is 2.37. The second-order valence-corrected chi connectivity index (χ2v) is 14.6. The van der Waals surface area contributed by atoms with Crippen LogP contribution in [0.3, 0.4) is 0 Å². The van der Waals surface area contributed by atoms with Crippen LogP contribution < -0.4 is 4.90 Å². The van der Waals surface area contributed by atoms with E-state index >= 15 is 0 Å². The van der Waals surface area contributed by atoms with E-state index in [1.807, 2.05) is 6.20 Å². The van der Waals surface area contributed by atoms with Crippen LogP contribution in [0.5, 0.6) is 0 Å². The van der Waals surface area contributed by atoms with Gasteiger partial charge in [-0.05, 0) is 38.0 Å². The quantitative estimate of drug-likeness (QED) is 0.448. The van der Waals surface area contributed by atoms with Crippen molar-refractivity contribution in [2.45, 2.75) is 48.7 Å². The molecule has 3 fully saturated rings. The molecule has 216 valence electrons. The van der Waals surface area contributed by atoms with Gasteiger partial charge in [0.2, 0.25) is 0 Å². The fourth-order valence-electron chi connectivity index (χ4n) is 6.30. The lowest BCUT2D eigenvalue weighted by molar-refractivity contribution is 0.136. The van der Waals surface area contributed by atoms with E-state index in [0.717, 1.165) is 42.4 Å². The minimum atomic E-state index is -3.63. The smallest absolute Gasteiger partial charge is 0.254 e. The number of aromatic nitrogens is 3. The number of sulfonamides is 1. The minimum absolute atomic E-state index is 0.00425. The molecule has 40 heavy (non-hydrogen) atoms. The maximum absolute atomic E-state index is 13.5. The van der Waals surface area contributed by atoms with Crippen molar-refractivity contribution in [2.75, 3.05) is 57.3 Å². The highest BCUT2D eigenvalue weighted by atomic mass is 32.2. The molecule has 2 aromatic heterocycles. The molecule has 0 aliphatic carbocycles. The predicted molar refractivity (Wildman–Crippen MR) is 151 cm³/mol. The van der Waals surface area contributed by atoms with E-state index in [0.29, 0.717) is 39.3 Å². The molecular weight excluding hydrogens is 553 g/mol. The van der Waals surface area contributed by atoms with Gasteiger partial charge in [-0.25, -0.2) is 22.8 Å². The molecule has 0 spiro atoms. The van der Waals surface area contributed by atoms with Gasteiger partial charge < -0.3 is 14.6 Å². The molecule has 5 heterocycles. The normalized spacial score (nSPS) is 25.8. The topological polar surface area (TPSA) is 98.0 Å². The van der Waals surface area contributed by atoms with E-state index in [1.165, 1.54) is 29.7 Å². The van der Waals surface area contributed by atoms with E-state index in [2.05, 4.69) is 43.1 Å². The Kier molecular flexibility index (Phi) is 7.47. The van der Waals surface area contributed by atoms with Crippen LogP contribution in [-0.2, 0) is 16.6 Å². The van der Waals surface area contributed by atoms with Gasteiger partial charge in [0.25, 0.3) is 10.0 Å². The SMILES string of the molecule is C[C@H](c1ccc(F)cc1)n1cncc1CN1CCN(S(=O)(=O)c2cnc(N3CCN4C[C@H](O)CC4(C)C3)s2)CC1. The number of fused-ring (bicyclic) bond motifs is 1. The van der Waals surface area contributed by atoms with Gasteiger partial charge in [0.1, 0.15) is 5.82 Å². The predicted octanol–water partition coefficient (Wildman–Crippen LogP) is 2.24. The van der Waals surface area contributed by atoms with E-state index in [1.54, 1.807) is 22.8 Å². The summed E-state index contributed by atoms with van der Waals surface area (Å²) >= 11 is 1.24. The summed E-state index contributed by atoms with van der Waals surface area (Å²) in [5.41, 5.74) is 1.91. The van der Waals surface area contributed by atoms with Crippen molar-refractivity contribution in [1.82, 2.24) is 28.6 Å². The fraction of sp³-hybridized carbons (Fsp3) is 0.556. The third-order valence-electron chi connectivity index (χ3n) is 8.61. The Morgan fingerprint density at radius 1 is 1.12 bits per heavy atom. The third kappa shape index (κ3) is 5.30. The monoisotopic (exact) mass is 589 g/mol. The van der Waals surface area contributed by atoms with E-state index in [4.69, 9.17) is 0 Å². The molecule has 3 atom stereocenters. The summed E-state index contributed by atoms with van der Waals surface area (Å²) in [6, 6.07) is 6.52. The molecule has 0 bridgehead atoms. The zero-order valence-electron chi connectivity index (χ0n) is 22.9. The van der Waals surface area contributed by atoms with Crippen LogP contribution in [0.2, 0.25) is 0 Å². The summed E-state index contributed by atoms with van der Waals surface area (Å²) in [4.78, 5) is 15.6. The van der Waals surface area contributed by atoms with Gasteiger partial charge in [0.15, 0.2) is 9.34 Å². The summed E-state index contributed by atoms with van der Waals surface area (Å²) in [5, 5.41) is 10.9. The molecule has 1 N–H and O–H groups in total. The van der Waals surface area contributed by atoms with Crippen molar-refractivity contribution in [3.05, 3.63) is 60.1 Å². The molecule has 3 aliphatic heterocycles. The number of halogens is 1. The molecule has 1 unspecified atom stereocenters. The highest BCUT2D eigenvalue weighted by molar-refractivity contribution is 7.91. The van der Waals surface area contributed by atoms with Gasteiger partial charge >= 0.3 is 0 Å². The Bertz CT molecular complexity index is 1440. The second kappa shape index (κ2) is 10.8. The van der Waals surface area contributed by atoms with Crippen LogP contribution in [0.4, 0.5) is 9.52 Å². The van der Waals surface area contributed by atoms with E-state index in [-0.39, 0.29) is 27.7 Å². The maximum atomic E-state index is 13.5. The molecule has 3 saturated heterocycles. The third-order valence-corrected chi connectivity index (χ3v) is 12.0. The van der Waals surface area contributed by atoms with Gasteiger partial charge in [-0.3, -0.25) is 9.80 Å². The van der Waals surface area contributed by atoms with Crippen molar-refractivity contribution in [2.24, 2.45) is 0 Å². The minimum Gasteiger partial charge on any atom is -0.392 e. The first-order valence-corrected chi connectivity index (χ1v) is 16.0. The number of benzene rings is 1. The molecule has 0 saturated carbocycles. The second-order valence-electron chi connectivity index (χ2n) is 11.4. The van der Waals surface area contributed by atoms with Crippen molar-refractivity contribution >= 4 is 26.5 Å². The number of aliphatic hydroxyl groups excluding tert-OH is 1. The number of β-amino-alcohol motifs (C(OH)–C–C–N with tert-alkyl or cyclic N) is 1. The molecule has 0 radical (unpaired) electrons.